The van der Waals surface area contributed by atoms with Crippen LogP contribution in [0.3, 0.4) is 0 Å². The molecular weight excluding hydrogens is 381 g/mol. The second-order valence-corrected chi connectivity index (χ2v) is 8.51. The minimum atomic E-state index is -4.53. The molecule has 0 aliphatic carbocycles. The molecule has 4 rings (SSSR count). The van der Waals surface area contributed by atoms with E-state index in [9.17, 15) is 13.2 Å². The summed E-state index contributed by atoms with van der Waals surface area (Å²) in [6.45, 7) is 4.97. The summed E-state index contributed by atoms with van der Waals surface area (Å²) in [5, 5.41) is 4.59. The maximum Gasteiger partial charge on any atom is 0.419 e. The predicted molar refractivity (Wildman–Crippen MR) is 105 cm³/mol. The number of hydrogen-bond acceptors (Lipinski definition) is 5. The molecule has 2 aliphatic rings. The van der Waals surface area contributed by atoms with Gasteiger partial charge < -0.3 is 15.5 Å². The van der Waals surface area contributed by atoms with Crippen LogP contribution in [0.1, 0.15) is 30.5 Å². The number of likely N-dealkylation sites (tertiary alicyclic amines) is 1. The second-order valence-electron chi connectivity index (χ2n) is 8.51. The van der Waals surface area contributed by atoms with Crippen molar-refractivity contribution in [2.24, 2.45) is 0 Å². The van der Waals surface area contributed by atoms with Crippen LogP contribution in [0.2, 0.25) is 0 Å². The van der Waals surface area contributed by atoms with E-state index in [0.29, 0.717) is 11.3 Å². The number of alkyl halides is 3. The topological polar surface area (TPSA) is 63.2 Å². The molecule has 0 saturated carbocycles. The van der Waals surface area contributed by atoms with Crippen LogP contribution in [0, 0.1) is 0 Å². The first-order chi connectivity index (χ1) is 13.7. The van der Waals surface area contributed by atoms with Crippen molar-refractivity contribution in [2.45, 2.75) is 37.4 Å². The van der Waals surface area contributed by atoms with Crippen LogP contribution >= 0.6 is 0 Å². The van der Waals surface area contributed by atoms with Crippen LogP contribution in [0.5, 0.6) is 0 Å². The van der Waals surface area contributed by atoms with Crippen molar-refractivity contribution in [1.82, 2.24) is 24.6 Å². The van der Waals surface area contributed by atoms with E-state index in [2.05, 4.69) is 34.0 Å². The van der Waals surface area contributed by atoms with Gasteiger partial charge in [-0.2, -0.15) is 18.3 Å². The van der Waals surface area contributed by atoms with Gasteiger partial charge in [0.25, 0.3) is 0 Å². The van der Waals surface area contributed by atoms with Crippen molar-refractivity contribution in [3.05, 3.63) is 29.6 Å². The molecule has 0 bridgehead atoms. The van der Waals surface area contributed by atoms with E-state index in [1.165, 1.54) is 6.20 Å². The van der Waals surface area contributed by atoms with Gasteiger partial charge in [0.1, 0.15) is 5.82 Å². The molecule has 4 heterocycles. The molecular formula is C20H27F3N6. The lowest BCUT2D eigenvalue weighted by Crippen LogP contribution is -2.30. The predicted octanol–water partition coefficient (Wildman–Crippen LogP) is 2.85. The Morgan fingerprint density at radius 2 is 1.97 bits per heavy atom. The van der Waals surface area contributed by atoms with Crippen molar-refractivity contribution in [2.75, 3.05) is 46.0 Å². The fourth-order valence-electron chi connectivity index (χ4n) is 4.62. The largest absolute Gasteiger partial charge is 0.419 e. The Hall–Kier alpha value is -2.13. The number of aryl methyl sites for hydroxylation is 1. The Labute approximate surface area is 168 Å². The maximum atomic E-state index is 13.2. The van der Waals surface area contributed by atoms with E-state index in [-0.39, 0.29) is 5.41 Å². The zero-order chi connectivity index (χ0) is 20.8. The fourth-order valence-corrected chi connectivity index (χ4v) is 4.62. The van der Waals surface area contributed by atoms with Crippen molar-refractivity contribution in [3.8, 4) is 11.3 Å². The lowest BCUT2D eigenvalue weighted by molar-refractivity contribution is -0.137. The Balaban J connectivity index is 1.55. The number of halogens is 3. The molecule has 2 aliphatic heterocycles. The molecule has 1 saturated heterocycles. The fraction of sp³-hybridized carbons (Fsp3) is 0.600. The number of anilines is 1. The van der Waals surface area contributed by atoms with Gasteiger partial charge in [-0.1, -0.05) is 0 Å². The van der Waals surface area contributed by atoms with Gasteiger partial charge in [-0.3, -0.25) is 4.68 Å². The molecule has 0 aromatic carbocycles. The van der Waals surface area contributed by atoms with Gasteiger partial charge in [-0.15, -0.1) is 0 Å². The minimum absolute atomic E-state index is 0.0530. The first-order valence-corrected chi connectivity index (χ1v) is 9.96. The normalized spacial score (nSPS) is 22.1. The lowest BCUT2D eigenvalue weighted by Gasteiger charge is -2.23. The van der Waals surface area contributed by atoms with Crippen LogP contribution < -0.4 is 5.73 Å². The monoisotopic (exact) mass is 408 g/mol. The summed E-state index contributed by atoms with van der Waals surface area (Å²) >= 11 is 0. The minimum Gasteiger partial charge on any atom is -0.383 e. The summed E-state index contributed by atoms with van der Waals surface area (Å²) in [5.74, 6) is -0.506. The SMILES string of the molecule is CN(C)CCCN1CC[C@@]2(CCn3nc(-c4cnc(N)c(C(F)(F)F)c4)cc32)C1. The molecule has 29 heavy (non-hydrogen) atoms. The van der Waals surface area contributed by atoms with Crippen LogP contribution in [-0.4, -0.2) is 64.8 Å². The highest BCUT2D eigenvalue weighted by atomic mass is 19.4. The van der Waals surface area contributed by atoms with Gasteiger partial charge in [0.2, 0.25) is 0 Å². The standard InChI is InChI=1S/C20H27F3N6/c1-27(2)6-3-7-28-8-4-19(13-28)5-9-29-17(19)11-16(26-29)14-10-15(20(21,22)23)18(24)25-12-14/h10-12H,3-9,13H2,1-2H3,(H2,24,25)/t19-/m1/s1. The number of pyridine rings is 1. The summed E-state index contributed by atoms with van der Waals surface area (Å²) in [4.78, 5) is 8.44. The number of hydrogen-bond donors (Lipinski definition) is 1. The molecule has 2 aromatic rings. The molecule has 0 radical (unpaired) electrons. The zero-order valence-corrected chi connectivity index (χ0v) is 16.8. The number of rotatable bonds is 5. The van der Waals surface area contributed by atoms with Gasteiger partial charge in [0.15, 0.2) is 0 Å². The molecule has 1 fully saturated rings. The quantitative estimate of drug-likeness (QED) is 0.824. The third-order valence-corrected chi connectivity index (χ3v) is 6.16. The molecule has 1 spiro atoms. The van der Waals surface area contributed by atoms with E-state index in [1.54, 1.807) is 0 Å². The smallest absolute Gasteiger partial charge is 0.383 e. The van der Waals surface area contributed by atoms with Gasteiger partial charge in [-0.25, -0.2) is 4.98 Å². The van der Waals surface area contributed by atoms with Crippen molar-refractivity contribution in [1.29, 1.82) is 0 Å². The summed E-state index contributed by atoms with van der Waals surface area (Å²) in [6, 6.07) is 3.00. The molecule has 0 unspecified atom stereocenters. The van der Waals surface area contributed by atoms with E-state index >= 15 is 0 Å². The summed E-state index contributed by atoms with van der Waals surface area (Å²) < 4.78 is 41.5. The van der Waals surface area contributed by atoms with Crippen LogP contribution in [-0.2, 0) is 18.1 Å². The maximum absolute atomic E-state index is 13.2. The zero-order valence-electron chi connectivity index (χ0n) is 16.8. The van der Waals surface area contributed by atoms with E-state index < -0.39 is 17.6 Å². The average Bonchev–Trinajstić information content (AvgIpc) is 3.31. The Morgan fingerprint density at radius 3 is 2.69 bits per heavy atom. The number of nitrogens with zero attached hydrogens (tertiary/aromatic N) is 5. The first kappa shape index (κ1) is 20.2. The number of aromatic nitrogens is 3. The van der Waals surface area contributed by atoms with Crippen LogP contribution in [0.25, 0.3) is 11.3 Å². The van der Waals surface area contributed by atoms with E-state index in [0.717, 1.165) is 63.7 Å². The Morgan fingerprint density at radius 1 is 1.21 bits per heavy atom. The number of fused-ring (bicyclic) bond motifs is 2. The number of nitrogen functional groups attached to an aromatic ring is 1. The summed E-state index contributed by atoms with van der Waals surface area (Å²) in [6.07, 6.45) is 0.0686. The Kier molecular flexibility index (Phi) is 5.06. The molecule has 0 amide bonds. The lowest BCUT2D eigenvalue weighted by atomic mass is 9.82. The van der Waals surface area contributed by atoms with Gasteiger partial charge in [0.05, 0.1) is 11.3 Å². The molecule has 158 valence electrons. The van der Waals surface area contributed by atoms with E-state index in [1.807, 2.05) is 10.7 Å². The molecule has 2 N–H and O–H groups in total. The molecule has 6 nitrogen and oxygen atoms in total. The highest BCUT2D eigenvalue weighted by molar-refractivity contribution is 5.63. The molecule has 9 heteroatoms. The number of nitrogens with two attached hydrogens (primary N) is 1. The van der Waals surface area contributed by atoms with Gasteiger partial charge >= 0.3 is 6.18 Å². The molecule has 2 aromatic heterocycles. The van der Waals surface area contributed by atoms with Crippen molar-refractivity contribution >= 4 is 5.82 Å². The third kappa shape index (κ3) is 3.85. The van der Waals surface area contributed by atoms with Gasteiger partial charge in [-0.05, 0) is 65.1 Å². The highest BCUT2D eigenvalue weighted by Gasteiger charge is 2.45. The Bertz CT molecular complexity index is 891. The van der Waals surface area contributed by atoms with Crippen molar-refractivity contribution in [3.63, 3.8) is 0 Å². The van der Waals surface area contributed by atoms with Crippen LogP contribution in [0.4, 0.5) is 19.0 Å². The van der Waals surface area contributed by atoms with E-state index in [4.69, 9.17) is 5.73 Å². The third-order valence-electron chi connectivity index (χ3n) is 6.16. The second kappa shape index (κ2) is 7.28. The van der Waals surface area contributed by atoms with Crippen LogP contribution in [0.15, 0.2) is 18.3 Å². The summed E-state index contributed by atoms with van der Waals surface area (Å²) in [7, 11) is 4.16. The van der Waals surface area contributed by atoms with Crippen molar-refractivity contribution < 1.29 is 13.2 Å². The van der Waals surface area contributed by atoms with Gasteiger partial charge in [0, 0.05) is 36.0 Å². The molecule has 1 atom stereocenters. The average molecular weight is 408 g/mol. The highest BCUT2D eigenvalue weighted by Crippen LogP contribution is 2.44. The summed E-state index contributed by atoms with van der Waals surface area (Å²) in [5.41, 5.74) is 6.59. The first-order valence-electron chi connectivity index (χ1n) is 9.96.